The second-order valence-corrected chi connectivity index (χ2v) is 9.32. The van der Waals surface area contributed by atoms with Crippen LogP contribution in [0.3, 0.4) is 0 Å². The van der Waals surface area contributed by atoms with Crippen molar-refractivity contribution in [1.29, 1.82) is 0 Å². The van der Waals surface area contributed by atoms with E-state index in [9.17, 15) is 8.78 Å². The number of halogens is 2. The lowest BCUT2D eigenvalue weighted by molar-refractivity contribution is 0.289. The normalized spacial score (nSPS) is 28.7. The molecule has 156 valence electrons. The minimum absolute atomic E-state index is 0.407. The van der Waals surface area contributed by atoms with Gasteiger partial charge in [-0.1, -0.05) is 44.4 Å². The van der Waals surface area contributed by atoms with E-state index in [1.54, 1.807) is 6.07 Å². The highest BCUT2D eigenvalue weighted by molar-refractivity contribution is 5.22. The molecule has 2 saturated carbocycles. The molecule has 0 bridgehead atoms. The molecule has 28 heavy (non-hydrogen) atoms. The fourth-order valence-electron chi connectivity index (χ4n) is 5.33. The Kier molecular flexibility index (Phi) is 8.55. The average molecular weight is 389 g/mol. The summed E-state index contributed by atoms with van der Waals surface area (Å²) in [5.74, 6) is 1.58. The largest absolute Gasteiger partial charge is 0.204 e. The van der Waals surface area contributed by atoms with Gasteiger partial charge in [0.2, 0.25) is 0 Å². The molecule has 0 amide bonds. The minimum atomic E-state index is -0.737. The van der Waals surface area contributed by atoms with E-state index >= 15 is 0 Å². The summed E-state index contributed by atoms with van der Waals surface area (Å²) < 4.78 is 26.6. The maximum absolute atomic E-state index is 13.5. The van der Waals surface area contributed by atoms with Crippen molar-refractivity contribution < 1.29 is 8.78 Å². The van der Waals surface area contributed by atoms with Crippen LogP contribution in [-0.4, -0.2) is 0 Å². The number of unbranched alkanes of at least 4 members (excludes halogenated alkanes) is 1. The summed E-state index contributed by atoms with van der Waals surface area (Å²) in [5.41, 5.74) is 0.979. The van der Waals surface area contributed by atoms with Gasteiger partial charge in [-0.3, -0.25) is 0 Å². The van der Waals surface area contributed by atoms with Gasteiger partial charge in [-0.15, -0.1) is 0 Å². The SMILES string of the molecule is CCCCC1CCC(/C=C/CCC2CCC(c3ccc(F)c(F)c3)CC2)CC1. The molecule has 0 atom stereocenters. The van der Waals surface area contributed by atoms with Crippen LogP contribution in [-0.2, 0) is 0 Å². The first kappa shape index (κ1) is 21.5. The van der Waals surface area contributed by atoms with Crippen molar-refractivity contribution in [3.63, 3.8) is 0 Å². The molecule has 1 aromatic carbocycles. The summed E-state index contributed by atoms with van der Waals surface area (Å²) >= 11 is 0. The van der Waals surface area contributed by atoms with Gasteiger partial charge in [0.15, 0.2) is 11.6 Å². The van der Waals surface area contributed by atoms with Gasteiger partial charge in [0.25, 0.3) is 0 Å². The standard InChI is InChI=1S/C26H38F2/c1-2-3-6-20-9-11-21(12-10-20)7-4-5-8-22-13-15-23(16-14-22)24-17-18-25(27)26(28)19-24/h4,7,17-23H,2-3,5-6,8-16H2,1H3/b7-4+. The van der Waals surface area contributed by atoms with E-state index in [-0.39, 0.29) is 0 Å². The highest BCUT2D eigenvalue weighted by atomic mass is 19.2. The van der Waals surface area contributed by atoms with Crippen molar-refractivity contribution in [2.24, 2.45) is 17.8 Å². The molecule has 0 aliphatic heterocycles. The molecule has 2 fully saturated rings. The number of rotatable bonds is 8. The number of hydrogen-bond acceptors (Lipinski definition) is 0. The molecule has 0 saturated heterocycles. The van der Waals surface area contributed by atoms with Crippen molar-refractivity contribution >= 4 is 0 Å². The van der Waals surface area contributed by atoms with Crippen LogP contribution in [0, 0.1) is 29.4 Å². The Morgan fingerprint density at radius 2 is 1.54 bits per heavy atom. The molecule has 0 spiro atoms. The Morgan fingerprint density at radius 3 is 2.21 bits per heavy atom. The van der Waals surface area contributed by atoms with Gasteiger partial charge in [-0.2, -0.15) is 0 Å². The molecule has 0 N–H and O–H groups in total. The number of allylic oxidation sites excluding steroid dienone is 2. The van der Waals surface area contributed by atoms with E-state index < -0.39 is 11.6 Å². The van der Waals surface area contributed by atoms with Crippen molar-refractivity contribution in [3.05, 3.63) is 47.5 Å². The second-order valence-electron chi connectivity index (χ2n) is 9.32. The molecule has 1 aromatic rings. The molecular weight excluding hydrogens is 350 g/mol. The quantitative estimate of drug-likeness (QED) is 0.391. The van der Waals surface area contributed by atoms with Crippen molar-refractivity contribution in [3.8, 4) is 0 Å². The van der Waals surface area contributed by atoms with Crippen LogP contribution < -0.4 is 0 Å². The van der Waals surface area contributed by atoms with Crippen LogP contribution in [0.2, 0.25) is 0 Å². The van der Waals surface area contributed by atoms with E-state index in [1.165, 1.54) is 82.8 Å². The molecule has 3 rings (SSSR count). The number of hydrogen-bond donors (Lipinski definition) is 0. The van der Waals surface area contributed by atoms with Gasteiger partial charge in [-0.05, 0) is 106 Å². The van der Waals surface area contributed by atoms with Gasteiger partial charge >= 0.3 is 0 Å². The zero-order valence-electron chi connectivity index (χ0n) is 17.6. The summed E-state index contributed by atoms with van der Waals surface area (Å²) in [6, 6.07) is 4.45. The fourth-order valence-corrected chi connectivity index (χ4v) is 5.33. The van der Waals surface area contributed by atoms with E-state index in [0.29, 0.717) is 5.92 Å². The fraction of sp³-hybridized carbons (Fsp3) is 0.692. The third-order valence-corrected chi connectivity index (χ3v) is 7.27. The lowest BCUT2D eigenvalue weighted by atomic mass is 9.77. The third-order valence-electron chi connectivity index (χ3n) is 7.27. The first-order valence-corrected chi connectivity index (χ1v) is 11.8. The second kappa shape index (κ2) is 11.1. The molecule has 2 aliphatic rings. The van der Waals surface area contributed by atoms with Gasteiger partial charge in [0.1, 0.15) is 0 Å². The predicted molar refractivity (Wildman–Crippen MR) is 114 cm³/mol. The molecule has 2 heteroatoms. The van der Waals surface area contributed by atoms with Crippen LogP contribution in [0.4, 0.5) is 8.78 Å². The summed E-state index contributed by atoms with van der Waals surface area (Å²) in [6.07, 6.45) is 21.9. The van der Waals surface area contributed by atoms with Gasteiger partial charge in [0, 0.05) is 0 Å². The first-order valence-electron chi connectivity index (χ1n) is 11.8. The van der Waals surface area contributed by atoms with Gasteiger partial charge in [0.05, 0.1) is 0 Å². The highest BCUT2D eigenvalue weighted by Gasteiger charge is 2.23. The zero-order valence-corrected chi connectivity index (χ0v) is 17.6. The van der Waals surface area contributed by atoms with Crippen LogP contribution >= 0.6 is 0 Å². The van der Waals surface area contributed by atoms with Crippen molar-refractivity contribution in [2.45, 2.75) is 96.3 Å². The molecule has 0 aromatic heterocycles. The highest BCUT2D eigenvalue weighted by Crippen LogP contribution is 2.38. The van der Waals surface area contributed by atoms with Gasteiger partial charge in [-0.25, -0.2) is 8.78 Å². The molecule has 0 unspecified atom stereocenters. The summed E-state index contributed by atoms with van der Waals surface area (Å²) in [6.45, 7) is 2.30. The maximum Gasteiger partial charge on any atom is 0.159 e. The smallest absolute Gasteiger partial charge is 0.159 e. The number of benzene rings is 1. The summed E-state index contributed by atoms with van der Waals surface area (Å²) in [7, 11) is 0. The first-order chi connectivity index (χ1) is 13.7. The van der Waals surface area contributed by atoms with E-state index in [2.05, 4.69) is 19.1 Å². The lowest BCUT2D eigenvalue weighted by Crippen LogP contribution is -2.14. The summed E-state index contributed by atoms with van der Waals surface area (Å²) in [4.78, 5) is 0. The molecular formula is C26H38F2. The van der Waals surface area contributed by atoms with Gasteiger partial charge < -0.3 is 0 Å². The molecule has 0 heterocycles. The zero-order chi connectivity index (χ0) is 19.8. The Bertz CT molecular complexity index is 605. The summed E-state index contributed by atoms with van der Waals surface area (Å²) in [5, 5.41) is 0. The predicted octanol–water partition coefficient (Wildman–Crippen LogP) is 8.57. The Morgan fingerprint density at radius 1 is 0.857 bits per heavy atom. The third kappa shape index (κ3) is 6.42. The monoisotopic (exact) mass is 388 g/mol. The Labute approximate surface area is 170 Å². The van der Waals surface area contributed by atoms with E-state index in [1.807, 2.05) is 0 Å². The van der Waals surface area contributed by atoms with Crippen LogP contribution in [0.5, 0.6) is 0 Å². The van der Waals surface area contributed by atoms with Crippen molar-refractivity contribution in [1.82, 2.24) is 0 Å². The average Bonchev–Trinajstić information content (AvgIpc) is 2.73. The van der Waals surface area contributed by atoms with Crippen LogP contribution in [0.1, 0.15) is 102 Å². The Balaban J connectivity index is 1.31. The molecule has 0 nitrogen and oxygen atoms in total. The molecule has 2 aliphatic carbocycles. The van der Waals surface area contributed by atoms with E-state index in [4.69, 9.17) is 0 Å². The van der Waals surface area contributed by atoms with E-state index in [0.717, 1.165) is 36.2 Å². The lowest BCUT2D eigenvalue weighted by Gasteiger charge is -2.29. The topological polar surface area (TPSA) is 0 Å². The van der Waals surface area contributed by atoms with Crippen molar-refractivity contribution in [2.75, 3.05) is 0 Å². The Hall–Kier alpha value is -1.18. The molecule has 0 radical (unpaired) electrons. The maximum atomic E-state index is 13.5. The van der Waals surface area contributed by atoms with Crippen LogP contribution in [0.25, 0.3) is 0 Å². The van der Waals surface area contributed by atoms with Crippen LogP contribution in [0.15, 0.2) is 30.4 Å². The minimum Gasteiger partial charge on any atom is -0.204 e.